The molecule has 1 N–H and O–H groups in total. The molecule has 0 aliphatic heterocycles. The molecule has 0 aliphatic rings. The summed E-state index contributed by atoms with van der Waals surface area (Å²) in [4.78, 5) is 12.7. The van der Waals surface area contributed by atoms with Gasteiger partial charge in [0.1, 0.15) is 5.75 Å². The number of amides is 1. The zero-order chi connectivity index (χ0) is 22.0. The van der Waals surface area contributed by atoms with Gasteiger partial charge in [-0.3, -0.25) is 4.79 Å². The van der Waals surface area contributed by atoms with Crippen molar-refractivity contribution in [1.82, 2.24) is 4.31 Å². The van der Waals surface area contributed by atoms with Gasteiger partial charge >= 0.3 is 0 Å². The zero-order valence-corrected chi connectivity index (χ0v) is 18.9. The number of sulfonamides is 1. The minimum atomic E-state index is -3.51. The molecular weight excluding hydrogens is 400 g/mol. The molecule has 0 heterocycles. The second-order valence-electron chi connectivity index (χ2n) is 7.00. The first-order valence-electron chi connectivity index (χ1n) is 10.6. The number of rotatable bonds is 12. The van der Waals surface area contributed by atoms with Crippen LogP contribution in [0.2, 0.25) is 0 Å². The first-order valence-corrected chi connectivity index (χ1v) is 12.0. The van der Waals surface area contributed by atoms with Gasteiger partial charge in [0, 0.05) is 24.3 Å². The Kier molecular flexibility index (Phi) is 9.33. The molecule has 1 amide bonds. The first kappa shape index (κ1) is 23.9. The van der Waals surface area contributed by atoms with Gasteiger partial charge in [0.25, 0.3) is 5.91 Å². The Bertz CT molecular complexity index is 890. The average Bonchev–Trinajstić information content (AvgIpc) is 2.75. The molecule has 0 saturated heterocycles. The van der Waals surface area contributed by atoms with Gasteiger partial charge in [0.05, 0.1) is 11.5 Å². The third-order valence-electron chi connectivity index (χ3n) is 4.84. The summed E-state index contributed by atoms with van der Waals surface area (Å²) >= 11 is 0. The lowest BCUT2D eigenvalue weighted by atomic mass is 10.2. The minimum Gasteiger partial charge on any atom is -0.494 e. The third kappa shape index (κ3) is 6.57. The van der Waals surface area contributed by atoms with Gasteiger partial charge in [-0.1, -0.05) is 40.0 Å². The van der Waals surface area contributed by atoms with Gasteiger partial charge < -0.3 is 10.1 Å². The number of unbranched alkanes of at least 4 members (excludes halogenated alkanes) is 3. The number of nitrogens with zero attached hydrogens (tertiary/aromatic N) is 1. The summed E-state index contributed by atoms with van der Waals surface area (Å²) in [6.07, 6.45) is 4.59. The lowest BCUT2D eigenvalue weighted by Gasteiger charge is -2.18. The highest BCUT2D eigenvalue weighted by Crippen LogP contribution is 2.19. The van der Waals surface area contributed by atoms with Crippen LogP contribution in [0.1, 0.15) is 56.8 Å². The van der Waals surface area contributed by atoms with E-state index < -0.39 is 10.0 Å². The van der Waals surface area contributed by atoms with Crippen molar-refractivity contribution in [2.24, 2.45) is 0 Å². The molecule has 0 unspecified atom stereocenters. The monoisotopic (exact) mass is 432 g/mol. The van der Waals surface area contributed by atoms with E-state index >= 15 is 0 Å². The maximum Gasteiger partial charge on any atom is 0.255 e. The molecule has 0 aliphatic carbocycles. The van der Waals surface area contributed by atoms with E-state index in [0.29, 0.717) is 30.9 Å². The van der Waals surface area contributed by atoms with E-state index in [0.717, 1.165) is 18.6 Å². The molecule has 0 bridgehead atoms. The highest BCUT2D eigenvalue weighted by atomic mass is 32.2. The molecule has 6 nitrogen and oxygen atoms in total. The highest BCUT2D eigenvalue weighted by Gasteiger charge is 2.21. The Morgan fingerprint density at radius 1 is 0.900 bits per heavy atom. The second kappa shape index (κ2) is 11.7. The van der Waals surface area contributed by atoms with Crippen molar-refractivity contribution in [3.8, 4) is 5.75 Å². The molecule has 0 fully saturated rings. The fourth-order valence-corrected chi connectivity index (χ4v) is 4.51. The molecule has 164 valence electrons. The fourth-order valence-electron chi connectivity index (χ4n) is 3.05. The summed E-state index contributed by atoms with van der Waals surface area (Å²) in [5.41, 5.74) is 1.04. The molecule has 2 aromatic rings. The summed E-state index contributed by atoms with van der Waals surface area (Å²) < 4.78 is 32.2. The SMILES string of the molecule is CCCCCCOc1ccc(C(=O)Nc2ccc(S(=O)(=O)N(CC)CC)cc2)cc1. The molecule has 30 heavy (non-hydrogen) atoms. The van der Waals surface area contributed by atoms with Gasteiger partial charge in [-0.2, -0.15) is 4.31 Å². The number of benzene rings is 2. The van der Waals surface area contributed by atoms with Crippen LogP contribution in [0.5, 0.6) is 5.75 Å². The van der Waals surface area contributed by atoms with E-state index in [1.54, 1.807) is 50.2 Å². The Morgan fingerprint density at radius 2 is 1.53 bits per heavy atom. The van der Waals surface area contributed by atoms with Crippen LogP contribution < -0.4 is 10.1 Å². The number of hydrogen-bond donors (Lipinski definition) is 1. The van der Waals surface area contributed by atoms with Crippen LogP contribution in [0, 0.1) is 0 Å². The molecule has 0 saturated carbocycles. The van der Waals surface area contributed by atoms with Crippen LogP contribution in [-0.4, -0.2) is 38.3 Å². The van der Waals surface area contributed by atoms with Gasteiger partial charge in [-0.15, -0.1) is 0 Å². The number of carbonyl (C=O) groups is 1. The Hall–Kier alpha value is -2.38. The molecule has 0 radical (unpaired) electrons. The van der Waals surface area contributed by atoms with Crippen molar-refractivity contribution in [2.75, 3.05) is 25.0 Å². The van der Waals surface area contributed by atoms with Gasteiger partial charge in [0.15, 0.2) is 0 Å². The van der Waals surface area contributed by atoms with Gasteiger partial charge in [-0.05, 0) is 55.0 Å². The molecule has 0 atom stereocenters. The van der Waals surface area contributed by atoms with Crippen LogP contribution in [0.4, 0.5) is 5.69 Å². The van der Waals surface area contributed by atoms with E-state index in [2.05, 4.69) is 12.2 Å². The number of nitrogens with one attached hydrogen (secondary N) is 1. The third-order valence-corrected chi connectivity index (χ3v) is 6.90. The summed E-state index contributed by atoms with van der Waals surface area (Å²) in [6.45, 7) is 7.28. The van der Waals surface area contributed by atoms with Crippen LogP contribution in [0.15, 0.2) is 53.4 Å². The second-order valence-corrected chi connectivity index (χ2v) is 8.94. The van der Waals surface area contributed by atoms with Crippen molar-refractivity contribution in [3.63, 3.8) is 0 Å². The summed E-state index contributed by atoms with van der Waals surface area (Å²) in [5, 5.41) is 2.79. The van der Waals surface area contributed by atoms with Gasteiger partial charge in [0.2, 0.25) is 10.0 Å². The Morgan fingerprint density at radius 3 is 2.10 bits per heavy atom. The van der Waals surface area contributed by atoms with E-state index in [1.807, 2.05) is 0 Å². The van der Waals surface area contributed by atoms with Crippen LogP contribution >= 0.6 is 0 Å². The van der Waals surface area contributed by atoms with Crippen molar-refractivity contribution >= 4 is 21.6 Å². The Balaban J connectivity index is 1.94. The van der Waals surface area contributed by atoms with Gasteiger partial charge in [-0.25, -0.2) is 8.42 Å². The number of hydrogen-bond acceptors (Lipinski definition) is 4. The molecular formula is C23H32N2O4S. The average molecular weight is 433 g/mol. The fraction of sp³-hybridized carbons (Fsp3) is 0.435. The first-order chi connectivity index (χ1) is 14.4. The van der Waals surface area contributed by atoms with Crippen molar-refractivity contribution < 1.29 is 17.9 Å². The van der Waals surface area contributed by atoms with Crippen molar-refractivity contribution in [1.29, 1.82) is 0 Å². The molecule has 0 spiro atoms. The molecule has 2 aromatic carbocycles. The van der Waals surface area contributed by atoms with Crippen LogP contribution in [0.3, 0.4) is 0 Å². The number of ether oxygens (including phenoxy) is 1. The largest absolute Gasteiger partial charge is 0.494 e. The normalized spacial score (nSPS) is 11.5. The lowest BCUT2D eigenvalue weighted by molar-refractivity contribution is 0.102. The summed E-state index contributed by atoms with van der Waals surface area (Å²) in [5.74, 6) is 0.484. The van der Waals surface area contributed by atoms with Crippen molar-refractivity contribution in [2.45, 2.75) is 51.3 Å². The van der Waals surface area contributed by atoms with Crippen molar-refractivity contribution in [3.05, 3.63) is 54.1 Å². The van der Waals surface area contributed by atoms with E-state index in [-0.39, 0.29) is 10.8 Å². The van der Waals surface area contributed by atoms with E-state index in [9.17, 15) is 13.2 Å². The maximum atomic E-state index is 12.5. The molecule has 7 heteroatoms. The molecule has 2 rings (SSSR count). The minimum absolute atomic E-state index is 0.213. The lowest BCUT2D eigenvalue weighted by Crippen LogP contribution is -2.30. The summed E-state index contributed by atoms with van der Waals surface area (Å²) in [7, 11) is -3.51. The highest BCUT2D eigenvalue weighted by molar-refractivity contribution is 7.89. The number of anilines is 1. The molecule has 0 aromatic heterocycles. The predicted octanol–water partition coefficient (Wildman–Crippen LogP) is 4.93. The van der Waals surface area contributed by atoms with E-state index in [4.69, 9.17) is 4.74 Å². The standard InChI is InChI=1S/C23H32N2O4S/c1-4-7-8-9-18-29-21-14-10-19(11-15-21)23(26)24-20-12-16-22(17-13-20)30(27,28)25(5-2)6-3/h10-17H,4-9,18H2,1-3H3,(H,24,26). The number of carbonyl (C=O) groups excluding carboxylic acids is 1. The smallest absolute Gasteiger partial charge is 0.255 e. The zero-order valence-electron chi connectivity index (χ0n) is 18.1. The predicted molar refractivity (Wildman–Crippen MR) is 121 cm³/mol. The van der Waals surface area contributed by atoms with Crippen LogP contribution in [-0.2, 0) is 10.0 Å². The maximum absolute atomic E-state index is 12.5. The van der Waals surface area contributed by atoms with Crippen LogP contribution in [0.25, 0.3) is 0 Å². The topological polar surface area (TPSA) is 75.7 Å². The summed E-state index contributed by atoms with van der Waals surface area (Å²) in [6, 6.07) is 13.2. The quantitative estimate of drug-likeness (QED) is 0.483. The van der Waals surface area contributed by atoms with E-state index in [1.165, 1.54) is 29.3 Å². The Labute approximate surface area is 180 Å².